The molecule has 2 rings (SSSR count). The van der Waals surface area contributed by atoms with Gasteiger partial charge in [-0.1, -0.05) is 11.6 Å². The number of nitrogens with zero attached hydrogens (tertiary/aromatic N) is 2. The van der Waals surface area contributed by atoms with Crippen molar-refractivity contribution in [3.8, 4) is 0 Å². The van der Waals surface area contributed by atoms with Crippen LogP contribution in [0.3, 0.4) is 0 Å². The van der Waals surface area contributed by atoms with E-state index < -0.39 is 0 Å². The van der Waals surface area contributed by atoms with Crippen LogP contribution in [0.4, 0.5) is 0 Å². The fraction of sp³-hybridized carbons (Fsp3) is 0.714. The summed E-state index contributed by atoms with van der Waals surface area (Å²) in [5.74, 6) is 0.830. The van der Waals surface area contributed by atoms with Gasteiger partial charge in [0.05, 0.1) is 10.4 Å². The molecule has 0 aliphatic carbocycles. The van der Waals surface area contributed by atoms with Gasteiger partial charge in [-0.3, -0.25) is 4.90 Å². The van der Waals surface area contributed by atoms with E-state index in [0.29, 0.717) is 12.6 Å². The lowest BCUT2D eigenvalue weighted by Gasteiger charge is -2.37. The Hall–Kier alpha value is -0.130. The topological polar surface area (TPSA) is 32.5 Å². The lowest BCUT2D eigenvalue weighted by atomic mass is 9.95. The normalized spacial score (nSPS) is 20.1. The molecule has 1 unspecified atom stereocenters. The third-order valence-electron chi connectivity index (χ3n) is 3.86. The van der Waals surface area contributed by atoms with Crippen molar-refractivity contribution >= 4 is 22.9 Å². The van der Waals surface area contributed by atoms with Gasteiger partial charge in [-0.15, -0.1) is 11.3 Å². The van der Waals surface area contributed by atoms with E-state index in [1.54, 1.807) is 11.3 Å². The van der Waals surface area contributed by atoms with E-state index >= 15 is 0 Å². The number of rotatable bonds is 5. The molecule has 2 heterocycles. The minimum Gasteiger partial charge on any atom is -0.329 e. The van der Waals surface area contributed by atoms with Crippen LogP contribution in [0.5, 0.6) is 0 Å². The average molecular weight is 302 g/mol. The zero-order valence-corrected chi connectivity index (χ0v) is 13.4. The Labute approximate surface area is 125 Å². The van der Waals surface area contributed by atoms with Crippen LogP contribution in [0.1, 0.15) is 23.8 Å². The number of hydrogen-bond donors (Lipinski definition) is 1. The van der Waals surface area contributed by atoms with E-state index in [1.807, 2.05) is 6.07 Å². The molecule has 1 aliphatic rings. The van der Waals surface area contributed by atoms with Gasteiger partial charge in [0, 0.05) is 18.0 Å². The van der Waals surface area contributed by atoms with Crippen LogP contribution in [0.2, 0.25) is 4.34 Å². The van der Waals surface area contributed by atoms with Gasteiger partial charge in [0.15, 0.2) is 0 Å². The maximum Gasteiger partial charge on any atom is 0.0931 e. The molecule has 1 aromatic heterocycles. The quantitative estimate of drug-likeness (QED) is 0.907. The van der Waals surface area contributed by atoms with Crippen molar-refractivity contribution in [2.75, 3.05) is 40.3 Å². The van der Waals surface area contributed by atoms with E-state index in [0.717, 1.165) is 23.3 Å². The van der Waals surface area contributed by atoms with E-state index in [4.69, 9.17) is 17.3 Å². The summed E-state index contributed by atoms with van der Waals surface area (Å²) in [5, 5.41) is 0. The predicted molar refractivity (Wildman–Crippen MR) is 84.0 cm³/mol. The van der Waals surface area contributed by atoms with Crippen LogP contribution in [0, 0.1) is 5.92 Å². The molecular weight excluding hydrogens is 278 g/mol. The standard InChI is InChI=1S/C14H24ClN3S/c1-17(2)10-11-5-7-18(8-6-11)12(9-16)13-3-4-14(15)19-13/h3-4,11-12H,5-10,16H2,1-2H3. The zero-order chi connectivity index (χ0) is 13.8. The lowest BCUT2D eigenvalue weighted by molar-refractivity contribution is 0.124. The molecule has 0 saturated carbocycles. The van der Waals surface area contributed by atoms with E-state index in [-0.39, 0.29) is 0 Å². The minimum atomic E-state index is 0.345. The molecule has 2 N–H and O–H groups in total. The Balaban J connectivity index is 1.92. The fourth-order valence-corrected chi connectivity index (χ4v) is 4.13. The Bertz CT molecular complexity index is 386. The molecule has 1 atom stereocenters. The second-order valence-electron chi connectivity index (χ2n) is 5.63. The average Bonchev–Trinajstić information content (AvgIpc) is 2.78. The largest absolute Gasteiger partial charge is 0.329 e. The van der Waals surface area contributed by atoms with E-state index in [9.17, 15) is 0 Å². The molecule has 0 radical (unpaired) electrons. The Kier molecular flexibility index (Phi) is 5.66. The van der Waals surface area contributed by atoms with Gasteiger partial charge in [0.2, 0.25) is 0 Å². The van der Waals surface area contributed by atoms with E-state index in [2.05, 4.69) is 30.0 Å². The Morgan fingerprint density at radius 2 is 2.11 bits per heavy atom. The third-order valence-corrected chi connectivity index (χ3v) is 5.19. The summed E-state index contributed by atoms with van der Waals surface area (Å²) in [6, 6.07) is 4.44. The van der Waals surface area contributed by atoms with Crippen molar-refractivity contribution in [3.05, 3.63) is 21.3 Å². The van der Waals surface area contributed by atoms with Crippen LogP contribution >= 0.6 is 22.9 Å². The van der Waals surface area contributed by atoms with E-state index in [1.165, 1.54) is 24.3 Å². The van der Waals surface area contributed by atoms with Crippen LogP contribution in [-0.2, 0) is 0 Å². The number of nitrogens with two attached hydrogens (primary N) is 1. The summed E-state index contributed by atoms with van der Waals surface area (Å²) in [4.78, 5) is 6.12. The molecule has 5 heteroatoms. The van der Waals surface area contributed by atoms with Gasteiger partial charge in [0.1, 0.15) is 0 Å². The minimum absolute atomic E-state index is 0.345. The summed E-state index contributed by atoms with van der Waals surface area (Å²) in [6.45, 7) is 4.17. The molecule has 108 valence electrons. The number of hydrogen-bond acceptors (Lipinski definition) is 4. The highest BCUT2D eigenvalue weighted by atomic mass is 35.5. The van der Waals surface area contributed by atoms with Crippen LogP contribution in [0.15, 0.2) is 12.1 Å². The number of thiophene rings is 1. The summed E-state index contributed by atoms with van der Waals surface area (Å²) < 4.78 is 0.857. The molecule has 0 bridgehead atoms. The van der Waals surface area contributed by atoms with Gasteiger partial charge in [0.25, 0.3) is 0 Å². The molecule has 1 saturated heterocycles. The van der Waals surface area contributed by atoms with Gasteiger partial charge in [-0.05, 0) is 58.1 Å². The predicted octanol–water partition coefficient (Wildman–Crippen LogP) is 2.67. The van der Waals surface area contributed by atoms with Gasteiger partial charge < -0.3 is 10.6 Å². The molecule has 0 spiro atoms. The summed E-state index contributed by atoms with van der Waals surface area (Å²) >= 11 is 7.70. The first-order chi connectivity index (χ1) is 9.10. The number of piperidine rings is 1. The molecule has 3 nitrogen and oxygen atoms in total. The molecule has 1 aromatic rings. The van der Waals surface area contributed by atoms with Crippen LogP contribution in [-0.4, -0.2) is 50.1 Å². The van der Waals surface area contributed by atoms with Crippen molar-refractivity contribution in [2.45, 2.75) is 18.9 Å². The summed E-state index contributed by atoms with van der Waals surface area (Å²) in [7, 11) is 4.31. The molecule has 0 aromatic carbocycles. The number of likely N-dealkylation sites (tertiary alicyclic amines) is 1. The molecule has 1 fully saturated rings. The summed E-state index contributed by atoms with van der Waals surface area (Å²) in [6.07, 6.45) is 2.54. The SMILES string of the molecule is CN(C)CC1CCN(C(CN)c2ccc(Cl)s2)CC1. The smallest absolute Gasteiger partial charge is 0.0931 e. The van der Waals surface area contributed by atoms with Gasteiger partial charge >= 0.3 is 0 Å². The second kappa shape index (κ2) is 7.04. The number of halogens is 1. The van der Waals surface area contributed by atoms with Crippen LogP contribution < -0.4 is 5.73 Å². The van der Waals surface area contributed by atoms with Gasteiger partial charge in [-0.25, -0.2) is 0 Å². The molecule has 1 aliphatic heterocycles. The van der Waals surface area contributed by atoms with Crippen molar-refractivity contribution in [1.82, 2.24) is 9.80 Å². The zero-order valence-electron chi connectivity index (χ0n) is 11.8. The highest BCUT2D eigenvalue weighted by Crippen LogP contribution is 2.32. The molecular formula is C14H24ClN3S. The maximum absolute atomic E-state index is 6.03. The van der Waals surface area contributed by atoms with Gasteiger partial charge in [-0.2, -0.15) is 0 Å². The first-order valence-corrected chi connectivity index (χ1v) is 8.13. The fourth-order valence-electron chi connectivity index (χ4n) is 2.92. The van der Waals surface area contributed by atoms with Crippen molar-refractivity contribution in [1.29, 1.82) is 0 Å². The lowest BCUT2D eigenvalue weighted by Crippen LogP contribution is -2.41. The highest BCUT2D eigenvalue weighted by molar-refractivity contribution is 7.16. The van der Waals surface area contributed by atoms with Crippen LogP contribution in [0.25, 0.3) is 0 Å². The highest BCUT2D eigenvalue weighted by Gasteiger charge is 2.26. The second-order valence-corrected chi connectivity index (χ2v) is 7.38. The van der Waals surface area contributed by atoms with Crippen molar-refractivity contribution in [3.63, 3.8) is 0 Å². The third kappa shape index (κ3) is 4.17. The summed E-state index contributed by atoms with van der Waals surface area (Å²) in [5.41, 5.74) is 5.97. The first kappa shape index (κ1) is 15.3. The maximum atomic E-state index is 6.03. The first-order valence-electron chi connectivity index (χ1n) is 6.94. The Morgan fingerprint density at radius 1 is 1.42 bits per heavy atom. The molecule has 0 amide bonds. The van der Waals surface area contributed by atoms with Crippen molar-refractivity contribution < 1.29 is 0 Å². The van der Waals surface area contributed by atoms with Crippen molar-refractivity contribution in [2.24, 2.45) is 11.7 Å². The molecule has 19 heavy (non-hydrogen) atoms. The Morgan fingerprint density at radius 3 is 2.58 bits per heavy atom. The monoisotopic (exact) mass is 301 g/mol.